The Hall–Kier alpha value is -0.280. The molecule has 16 heavy (non-hydrogen) atoms. The monoisotopic (exact) mass is 247 g/mol. The molecule has 94 valence electrons. The molecular weight excluding hydrogens is 226 g/mol. The van der Waals surface area contributed by atoms with Gasteiger partial charge in [0.05, 0.1) is 6.61 Å². The van der Waals surface area contributed by atoms with Gasteiger partial charge in [0, 0.05) is 19.7 Å². The Labute approximate surface area is 103 Å². The van der Waals surface area contributed by atoms with Crippen molar-refractivity contribution in [1.29, 1.82) is 0 Å². The fourth-order valence-electron chi connectivity index (χ4n) is 2.06. The van der Waals surface area contributed by atoms with Gasteiger partial charge in [0.25, 0.3) is 0 Å². The zero-order valence-electron chi connectivity index (χ0n) is 10.2. The van der Waals surface area contributed by atoms with Crippen molar-refractivity contribution in [3.8, 4) is 0 Å². The Morgan fingerprint density at radius 3 is 2.94 bits per heavy atom. The van der Waals surface area contributed by atoms with Crippen molar-refractivity contribution in [2.24, 2.45) is 5.92 Å². The molecule has 0 spiro atoms. The first-order valence-electron chi connectivity index (χ1n) is 6.19. The van der Waals surface area contributed by atoms with Crippen LogP contribution in [0.2, 0.25) is 0 Å². The van der Waals surface area contributed by atoms with E-state index in [-0.39, 0.29) is 11.3 Å². The summed E-state index contributed by atoms with van der Waals surface area (Å²) >= 11 is 5.98. The molecule has 2 unspecified atom stereocenters. The number of ether oxygens (including phenoxy) is 1. The van der Waals surface area contributed by atoms with Gasteiger partial charge in [-0.25, -0.2) is 0 Å². The second-order valence-corrected chi connectivity index (χ2v) is 4.85. The maximum absolute atomic E-state index is 11.9. The number of hydrogen-bond donors (Lipinski definition) is 0. The minimum absolute atomic E-state index is 0.0883. The number of alkyl halides is 1. The Balaban J connectivity index is 2.40. The summed E-state index contributed by atoms with van der Waals surface area (Å²) in [4.78, 5) is 13.8. The quantitative estimate of drug-likeness (QED) is 0.698. The second-order valence-electron chi connectivity index (χ2n) is 4.33. The Bertz CT molecular complexity index is 223. The molecule has 0 aromatic heterocycles. The van der Waals surface area contributed by atoms with Crippen LogP contribution in [0.15, 0.2) is 0 Å². The van der Waals surface area contributed by atoms with Gasteiger partial charge in [-0.15, -0.1) is 11.6 Å². The Kier molecular flexibility index (Phi) is 6.14. The summed E-state index contributed by atoms with van der Waals surface area (Å²) in [5, 5.41) is -0.356. The van der Waals surface area contributed by atoms with Crippen LogP contribution in [0.1, 0.15) is 33.1 Å². The smallest absolute Gasteiger partial charge is 0.240 e. The predicted octanol–water partition coefficient (Wildman–Crippen LogP) is 2.28. The molecule has 0 aromatic rings. The summed E-state index contributed by atoms with van der Waals surface area (Å²) in [5.74, 6) is 0.573. The number of carbonyl (C=O) groups excluding carboxylic acids is 1. The number of likely N-dealkylation sites (tertiary alicyclic amines) is 1. The molecule has 3 nitrogen and oxygen atoms in total. The van der Waals surface area contributed by atoms with Crippen molar-refractivity contribution in [1.82, 2.24) is 4.90 Å². The molecule has 1 aliphatic rings. The molecule has 0 saturated carbocycles. The molecule has 1 saturated heterocycles. The Morgan fingerprint density at radius 1 is 1.56 bits per heavy atom. The molecule has 1 heterocycles. The third-order valence-electron chi connectivity index (χ3n) is 3.01. The van der Waals surface area contributed by atoms with Crippen molar-refractivity contribution in [2.45, 2.75) is 38.5 Å². The molecule has 0 aromatic carbocycles. The summed E-state index contributed by atoms with van der Waals surface area (Å²) in [6.45, 7) is 7.11. The third kappa shape index (κ3) is 3.95. The molecule has 1 fully saturated rings. The highest BCUT2D eigenvalue weighted by atomic mass is 35.5. The van der Waals surface area contributed by atoms with Gasteiger partial charge in [-0.2, -0.15) is 0 Å². The van der Waals surface area contributed by atoms with Crippen LogP contribution in [0.4, 0.5) is 0 Å². The minimum Gasteiger partial charge on any atom is -0.381 e. The van der Waals surface area contributed by atoms with Gasteiger partial charge in [-0.05, 0) is 32.1 Å². The number of amides is 1. The molecule has 0 N–H and O–H groups in total. The van der Waals surface area contributed by atoms with Crippen LogP contribution in [-0.4, -0.2) is 42.5 Å². The zero-order valence-corrected chi connectivity index (χ0v) is 11.0. The van der Waals surface area contributed by atoms with Gasteiger partial charge in [-0.3, -0.25) is 4.79 Å². The summed E-state index contributed by atoms with van der Waals surface area (Å²) in [6.07, 6.45) is 2.92. The van der Waals surface area contributed by atoms with E-state index in [1.165, 1.54) is 0 Å². The molecule has 1 rings (SSSR count). The van der Waals surface area contributed by atoms with Crippen molar-refractivity contribution >= 4 is 17.5 Å². The van der Waals surface area contributed by atoms with Crippen LogP contribution < -0.4 is 0 Å². The van der Waals surface area contributed by atoms with Gasteiger partial charge in [0.1, 0.15) is 5.38 Å². The summed E-state index contributed by atoms with van der Waals surface area (Å²) in [6, 6.07) is 0. The van der Waals surface area contributed by atoms with Crippen molar-refractivity contribution in [2.75, 3.05) is 26.3 Å². The zero-order chi connectivity index (χ0) is 12.0. The average molecular weight is 248 g/mol. The standard InChI is InChI=1S/C12H22ClNO2/c1-3-11(13)12(15)14-7-5-6-10(8-14)9-16-4-2/h10-11H,3-9H2,1-2H3. The van der Waals surface area contributed by atoms with E-state index in [1.807, 2.05) is 18.7 Å². The first-order chi connectivity index (χ1) is 7.69. The van der Waals surface area contributed by atoms with E-state index in [2.05, 4.69) is 0 Å². The predicted molar refractivity (Wildman–Crippen MR) is 65.7 cm³/mol. The van der Waals surface area contributed by atoms with Crippen LogP contribution >= 0.6 is 11.6 Å². The first kappa shape index (κ1) is 13.8. The lowest BCUT2D eigenvalue weighted by molar-refractivity contribution is -0.133. The summed E-state index contributed by atoms with van der Waals surface area (Å²) in [7, 11) is 0. The van der Waals surface area contributed by atoms with Crippen LogP contribution in [0.25, 0.3) is 0 Å². The fourth-order valence-corrected chi connectivity index (χ4v) is 2.20. The molecule has 2 atom stereocenters. The lowest BCUT2D eigenvalue weighted by Crippen LogP contribution is -2.44. The topological polar surface area (TPSA) is 29.5 Å². The molecular formula is C12H22ClNO2. The minimum atomic E-state index is -0.356. The van der Waals surface area contributed by atoms with E-state index in [1.54, 1.807) is 0 Å². The summed E-state index contributed by atoms with van der Waals surface area (Å²) in [5.41, 5.74) is 0. The van der Waals surface area contributed by atoms with Crippen molar-refractivity contribution in [3.63, 3.8) is 0 Å². The van der Waals surface area contributed by atoms with E-state index >= 15 is 0 Å². The van der Waals surface area contributed by atoms with E-state index < -0.39 is 0 Å². The number of rotatable bonds is 5. The highest BCUT2D eigenvalue weighted by Crippen LogP contribution is 2.19. The fraction of sp³-hybridized carbons (Fsp3) is 0.917. The third-order valence-corrected chi connectivity index (χ3v) is 3.51. The molecule has 4 heteroatoms. The first-order valence-corrected chi connectivity index (χ1v) is 6.63. The maximum Gasteiger partial charge on any atom is 0.240 e. The lowest BCUT2D eigenvalue weighted by Gasteiger charge is -2.33. The van der Waals surface area contributed by atoms with Gasteiger partial charge < -0.3 is 9.64 Å². The van der Waals surface area contributed by atoms with E-state index in [9.17, 15) is 4.79 Å². The van der Waals surface area contributed by atoms with Crippen LogP contribution in [-0.2, 0) is 9.53 Å². The molecule has 0 bridgehead atoms. The highest BCUT2D eigenvalue weighted by molar-refractivity contribution is 6.30. The van der Waals surface area contributed by atoms with Crippen molar-refractivity contribution in [3.05, 3.63) is 0 Å². The number of hydrogen-bond acceptors (Lipinski definition) is 2. The number of halogens is 1. The normalized spacial score (nSPS) is 23.2. The van der Waals surface area contributed by atoms with Gasteiger partial charge >= 0.3 is 0 Å². The maximum atomic E-state index is 11.9. The Morgan fingerprint density at radius 2 is 2.31 bits per heavy atom. The van der Waals surface area contributed by atoms with Crippen LogP contribution in [0.5, 0.6) is 0 Å². The van der Waals surface area contributed by atoms with Crippen molar-refractivity contribution < 1.29 is 9.53 Å². The van der Waals surface area contributed by atoms with E-state index in [0.29, 0.717) is 12.3 Å². The average Bonchev–Trinajstić information content (AvgIpc) is 2.34. The van der Waals surface area contributed by atoms with E-state index in [4.69, 9.17) is 16.3 Å². The molecule has 0 aliphatic carbocycles. The number of piperidine rings is 1. The SMILES string of the molecule is CCOCC1CCCN(C(=O)C(Cl)CC)C1. The number of carbonyl (C=O) groups is 1. The highest BCUT2D eigenvalue weighted by Gasteiger charge is 2.26. The molecule has 0 radical (unpaired) electrons. The number of nitrogens with zero attached hydrogens (tertiary/aromatic N) is 1. The second kappa shape index (κ2) is 7.13. The lowest BCUT2D eigenvalue weighted by atomic mass is 9.98. The van der Waals surface area contributed by atoms with Crippen LogP contribution in [0.3, 0.4) is 0 Å². The van der Waals surface area contributed by atoms with Crippen LogP contribution in [0, 0.1) is 5.92 Å². The van der Waals surface area contributed by atoms with Gasteiger partial charge in [0.2, 0.25) is 5.91 Å². The molecule has 1 amide bonds. The molecule has 1 aliphatic heterocycles. The largest absolute Gasteiger partial charge is 0.381 e. The van der Waals surface area contributed by atoms with E-state index in [0.717, 1.165) is 39.1 Å². The summed E-state index contributed by atoms with van der Waals surface area (Å²) < 4.78 is 5.42. The van der Waals surface area contributed by atoms with Gasteiger partial charge in [-0.1, -0.05) is 6.92 Å². The van der Waals surface area contributed by atoms with Gasteiger partial charge in [0.15, 0.2) is 0 Å².